The first-order chi connectivity index (χ1) is 9.67. The zero-order valence-electron chi connectivity index (χ0n) is 11.7. The van der Waals surface area contributed by atoms with Crippen molar-refractivity contribution in [3.8, 4) is 5.75 Å². The predicted octanol–water partition coefficient (Wildman–Crippen LogP) is 3.81. The summed E-state index contributed by atoms with van der Waals surface area (Å²) in [6.45, 7) is 4.25. The molecule has 0 atom stereocenters. The van der Waals surface area contributed by atoms with Crippen LogP contribution in [0.4, 0.5) is 16.0 Å². The maximum Gasteiger partial charge on any atom is 0.207 e. The van der Waals surface area contributed by atoms with E-state index in [0.717, 1.165) is 11.6 Å². The Kier molecular flexibility index (Phi) is 3.34. The quantitative estimate of drug-likeness (QED) is 0.902. The van der Waals surface area contributed by atoms with E-state index >= 15 is 0 Å². The molecule has 20 heavy (non-hydrogen) atoms. The molecule has 1 aliphatic carbocycles. The summed E-state index contributed by atoms with van der Waals surface area (Å²) in [5.41, 5.74) is 1.64. The number of ether oxygens (including phenoxy) is 1. The van der Waals surface area contributed by atoms with Crippen molar-refractivity contribution in [2.75, 3.05) is 11.9 Å². The largest absolute Gasteiger partial charge is 0.491 e. The van der Waals surface area contributed by atoms with Crippen LogP contribution < -0.4 is 10.1 Å². The standard InChI is InChI=1S/C15H18FN3O/c1-3-20-14-7-4-11(8-13(14)16)18-15-17-10(2)9-19(15)12-5-6-12/h4,7-9,12H,3,5-6H2,1-2H3,(H,17,18). The molecule has 0 saturated heterocycles. The highest BCUT2D eigenvalue weighted by Crippen LogP contribution is 2.38. The van der Waals surface area contributed by atoms with Crippen LogP contribution in [0.2, 0.25) is 0 Å². The summed E-state index contributed by atoms with van der Waals surface area (Å²) >= 11 is 0. The average molecular weight is 275 g/mol. The van der Waals surface area contributed by atoms with Crippen LogP contribution in [0, 0.1) is 12.7 Å². The van der Waals surface area contributed by atoms with E-state index in [4.69, 9.17) is 4.74 Å². The van der Waals surface area contributed by atoms with Crippen LogP contribution in [0.5, 0.6) is 5.75 Å². The van der Waals surface area contributed by atoms with Gasteiger partial charge >= 0.3 is 0 Å². The number of nitrogens with zero attached hydrogens (tertiary/aromatic N) is 2. The van der Waals surface area contributed by atoms with Crippen molar-refractivity contribution >= 4 is 11.6 Å². The van der Waals surface area contributed by atoms with E-state index < -0.39 is 0 Å². The predicted molar refractivity (Wildman–Crippen MR) is 76.1 cm³/mol. The highest BCUT2D eigenvalue weighted by atomic mass is 19.1. The Morgan fingerprint density at radius 1 is 1.45 bits per heavy atom. The molecule has 3 rings (SSSR count). The van der Waals surface area contributed by atoms with Gasteiger partial charge in [0.15, 0.2) is 11.6 Å². The van der Waals surface area contributed by atoms with Gasteiger partial charge in [0.1, 0.15) is 0 Å². The summed E-state index contributed by atoms with van der Waals surface area (Å²) in [6.07, 6.45) is 4.40. The van der Waals surface area contributed by atoms with Crippen molar-refractivity contribution < 1.29 is 9.13 Å². The number of benzene rings is 1. The lowest BCUT2D eigenvalue weighted by atomic mass is 10.3. The molecule has 4 nitrogen and oxygen atoms in total. The van der Waals surface area contributed by atoms with Crippen LogP contribution in [-0.4, -0.2) is 16.2 Å². The second-order valence-electron chi connectivity index (χ2n) is 5.05. The Bertz CT molecular complexity index is 620. The van der Waals surface area contributed by atoms with Crippen molar-refractivity contribution in [1.29, 1.82) is 0 Å². The second kappa shape index (κ2) is 5.15. The van der Waals surface area contributed by atoms with Gasteiger partial charge in [0.05, 0.1) is 12.3 Å². The molecule has 0 amide bonds. The molecule has 1 aliphatic rings. The monoisotopic (exact) mass is 275 g/mol. The Morgan fingerprint density at radius 3 is 2.90 bits per heavy atom. The van der Waals surface area contributed by atoms with Gasteiger partial charge in [-0.05, 0) is 38.8 Å². The van der Waals surface area contributed by atoms with E-state index in [9.17, 15) is 4.39 Å². The third-order valence-electron chi connectivity index (χ3n) is 3.28. The van der Waals surface area contributed by atoms with Gasteiger partial charge in [-0.2, -0.15) is 0 Å². The van der Waals surface area contributed by atoms with E-state index in [1.54, 1.807) is 12.1 Å². The van der Waals surface area contributed by atoms with E-state index in [0.29, 0.717) is 18.3 Å². The maximum atomic E-state index is 13.8. The molecule has 5 heteroatoms. The van der Waals surface area contributed by atoms with Crippen molar-refractivity contribution in [3.05, 3.63) is 35.9 Å². The number of aromatic nitrogens is 2. The molecule has 0 aliphatic heterocycles. The fourth-order valence-corrected chi connectivity index (χ4v) is 2.22. The number of hydrogen-bond acceptors (Lipinski definition) is 3. The number of aryl methyl sites for hydroxylation is 1. The lowest BCUT2D eigenvalue weighted by Gasteiger charge is -2.10. The molecular weight excluding hydrogens is 257 g/mol. The summed E-state index contributed by atoms with van der Waals surface area (Å²) in [5, 5.41) is 3.18. The SMILES string of the molecule is CCOc1ccc(Nc2nc(C)cn2C2CC2)cc1F. The lowest BCUT2D eigenvalue weighted by Crippen LogP contribution is -2.02. The number of nitrogens with one attached hydrogen (secondary N) is 1. The molecule has 1 saturated carbocycles. The molecule has 1 heterocycles. The normalized spacial score (nSPS) is 14.3. The number of imidazole rings is 1. The topological polar surface area (TPSA) is 39.1 Å². The van der Waals surface area contributed by atoms with Crippen LogP contribution >= 0.6 is 0 Å². The van der Waals surface area contributed by atoms with Crippen LogP contribution in [-0.2, 0) is 0 Å². The highest BCUT2D eigenvalue weighted by molar-refractivity contribution is 5.56. The molecule has 0 spiro atoms. The summed E-state index contributed by atoms with van der Waals surface area (Å²) in [7, 11) is 0. The van der Waals surface area contributed by atoms with Gasteiger partial charge < -0.3 is 14.6 Å². The number of anilines is 2. The van der Waals surface area contributed by atoms with Crippen LogP contribution in [0.3, 0.4) is 0 Å². The summed E-state index contributed by atoms with van der Waals surface area (Å²) < 4.78 is 21.1. The fourth-order valence-electron chi connectivity index (χ4n) is 2.22. The van der Waals surface area contributed by atoms with Gasteiger partial charge in [-0.1, -0.05) is 0 Å². The minimum absolute atomic E-state index is 0.278. The van der Waals surface area contributed by atoms with Gasteiger partial charge in [-0.25, -0.2) is 9.37 Å². The first-order valence-corrected chi connectivity index (χ1v) is 6.92. The first kappa shape index (κ1) is 13.0. The first-order valence-electron chi connectivity index (χ1n) is 6.92. The Labute approximate surface area is 117 Å². The molecular formula is C15H18FN3O. The smallest absolute Gasteiger partial charge is 0.207 e. The van der Waals surface area contributed by atoms with Crippen LogP contribution in [0.15, 0.2) is 24.4 Å². The van der Waals surface area contributed by atoms with Crippen LogP contribution in [0.1, 0.15) is 31.5 Å². The van der Waals surface area contributed by atoms with E-state index in [1.165, 1.54) is 18.9 Å². The van der Waals surface area contributed by atoms with Crippen molar-refractivity contribution in [3.63, 3.8) is 0 Å². The van der Waals surface area contributed by atoms with E-state index in [1.807, 2.05) is 20.0 Å². The van der Waals surface area contributed by atoms with E-state index in [2.05, 4.69) is 14.9 Å². The molecule has 0 radical (unpaired) electrons. The molecule has 1 fully saturated rings. The molecule has 0 unspecified atom stereocenters. The van der Waals surface area contributed by atoms with Gasteiger partial charge in [0.25, 0.3) is 0 Å². The minimum atomic E-state index is -0.363. The lowest BCUT2D eigenvalue weighted by molar-refractivity contribution is 0.321. The van der Waals surface area contributed by atoms with Gasteiger partial charge in [0, 0.05) is 24.0 Å². The number of halogens is 1. The number of hydrogen-bond donors (Lipinski definition) is 1. The van der Waals surface area contributed by atoms with Gasteiger partial charge in [0.2, 0.25) is 5.95 Å². The van der Waals surface area contributed by atoms with Gasteiger partial charge in [-0.15, -0.1) is 0 Å². The molecule has 1 N–H and O–H groups in total. The molecule has 1 aromatic heterocycles. The third kappa shape index (κ3) is 2.61. The highest BCUT2D eigenvalue weighted by Gasteiger charge is 2.26. The summed E-state index contributed by atoms with van der Waals surface area (Å²) in [5.74, 6) is 0.687. The zero-order chi connectivity index (χ0) is 14.1. The van der Waals surface area contributed by atoms with Crippen molar-refractivity contribution in [1.82, 2.24) is 9.55 Å². The molecule has 0 bridgehead atoms. The third-order valence-corrected chi connectivity index (χ3v) is 3.28. The second-order valence-corrected chi connectivity index (χ2v) is 5.05. The maximum absolute atomic E-state index is 13.8. The summed E-state index contributed by atoms with van der Waals surface area (Å²) in [6, 6.07) is 5.41. The number of rotatable bonds is 5. The van der Waals surface area contributed by atoms with E-state index in [-0.39, 0.29) is 11.6 Å². The fraction of sp³-hybridized carbons (Fsp3) is 0.400. The Hall–Kier alpha value is -2.04. The summed E-state index contributed by atoms with van der Waals surface area (Å²) in [4.78, 5) is 4.45. The molecule has 1 aromatic carbocycles. The molecule has 106 valence electrons. The van der Waals surface area contributed by atoms with Crippen molar-refractivity contribution in [2.45, 2.75) is 32.7 Å². The average Bonchev–Trinajstić information content (AvgIpc) is 3.18. The minimum Gasteiger partial charge on any atom is -0.491 e. The Balaban J connectivity index is 1.82. The zero-order valence-corrected chi connectivity index (χ0v) is 11.7. The van der Waals surface area contributed by atoms with Gasteiger partial charge in [-0.3, -0.25) is 0 Å². The van der Waals surface area contributed by atoms with Crippen molar-refractivity contribution in [2.24, 2.45) is 0 Å². The Morgan fingerprint density at radius 2 is 2.25 bits per heavy atom. The molecule has 2 aromatic rings. The van der Waals surface area contributed by atoms with Crippen LogP contribution in [0.25, 0.3) is 0 Å².